The van der Waals surface area contributed by atoms with Gasteiger partial charge in [0.2, 0.25) is 0 Å². The molecule has 1 aromatic carbocycles. The maximum Gasteiger partial charge on any atom is 0.261 e. The number of nitrogens with zero attached hydrogens (tertiary/aromatic N) is 3. The molecule has 2 aromatic heterocycles. The molecule has 2 amide bonds. The van der Waals surface area contributed by atoms with Crippen molar-refractivity contribution in [1.82, 2.24) is 14.9 Å². The van der Waals surface area contributed by atoms with Crippen molar-refractivity contribution in [3.05, 3.63) is 68.6 Å². The fourth-order valence-corrected chi connectivity index (χ4v) is 3.32. The quantitative estimate of drug-likeness (QED) is 0.727. The summed E-state index contributed by atoms with van der Waals surface area (Å²) >= 11 is 3.02. The van der Waals surface area contributed by atoms with Gasteiger partial charge in [-0.15, -0.1) is 22.7 Å². The predicted molar refractivity (Wildman–Crippen MR) is 92.8 cm³/mol. The molecule has 24 heavy (non-hydrogen) atoms. The second-order valence-electron chi connectivity index (χ2n) is 4.91. The molecule has 3 heterocycles. The van der Waals surface area contributed by atoms with Gasteiger partial charge in [0.25, 0.3) is 11.8 Å². The molecule has 0 saturated carbocycles. The number of benzene rings is 1. The number of hydrogen-bond donors (Lipinski definition) is 1. The minimum Gasteiger partial charge on any atom is -0.325 e. The monoisotopic (exact) mass is 358 g/mol. The van der Waals surface area contributed by atoms with Crippen LogP contribution in [0.3, 0.4) is 0 Å². The number of carbonyl (C=O) groups excluding carboxylic acids is 2. The number of hydrogen-bond acceptors (Lipinski definition) is 7. The average Bonchev–Trinajstić information content (AvgIpc) is 3.35. The van der Waals surface area contributed by atoms with Gasteiger partial charge in [-0.3, -0.25) is 14.5 Å². The second kappa shape index (κ2) is 7.43. The number of thiazole rings is 2. The van der Waals surface area contributed by atoms with Gasteiger partial charge in [0.15, 0.2) is 0 Å². The molecule has 0 atom stereocenters. The molecule has 0 saturated heterocycles. The molecule has 8 heteroatoms. The molecule has 0 radical (unpaired) electrons. The summed E-state index contributed by atoms with van der Waals surface area (Å²) in [6, 6.07) is 6.87. The fourth-order valence-electron chi connectivity index (χ4n) is 2.20. The van der Waals surface area contributed by atoms with Crippen LogP contribution < -0.4 is 5.73 Å². The molecule has 3 aromatic rings. The smallest absolute Gasteiger partial charge is 0.261 e. The molecule has 6 nitrogen and oxygen atoms in total. The van der Waals surface area contributed by atoms with Crippen LogP contribution >= 0.6 is 22.7 Å². The van der Waals surface area contributed by atoms with Gasteiger partial charge in [0.05, 0.1) is 40.1 Å². The summed E-state index contributed by atoms with van der Waals surface area (Å²) in [6.45, 7) is 0.805. The molecule has 0 aliphatic carbocycles. The zero-order chi connectivity index (χ0) is 16.9. The summed E-state index contributed by atoms with van der Waals surface area (Å²) < 4.78 is 0. The highest BCUT2D eigenvalue weighted by atomic mass is 32.1. The van der Waals surface area contributed by atoms with Crippen LogP contribution in [0.2, 0.25) is 0 Å². The van der Waals surface area contributed by atoms with Crippen molar-refractivity contribution in [2.24, 2.45) is 5.73 Å². The third-order valence-corrected chi connectivity index (χ3v) is 4.64. The lowest BCUT2D eigenvalue weighted by molar-refractivity contribution is 0.0640. The highest BCUT2D eigenvalue weighted by Gasteiger charge is 2.35. The van der Waals surface area contributed by atoms with Gasteiger partial charge >= 0.3 is 0 Å². The molecule has 1 aliphatic rings. The topological polar surface area (TPSA) is 89.2 Å². The lowest BCUT2D eigenvalue weighted by Crippen LogP contribution is -2.29. The van der Waals surface area contributed by atoms with E-state index in [0.717, 1.165) is 11.4 Å². The Morgan fingerprint density at radius 2 is 1.46 bits per heavy atom. The third kappa shape index (κ3) is 3.40. The van der Waals surface area contributed by atoms with Gasteiger partial charge in [-0.1, -0.05) is 12.1 Å². The molecule has 0 spiro atoms. The van der Waals surface area contributed by atoms with Crippen LogP contribution in [0.1, 0.15) is 32.1 Å². The largest absolute Gasteiger partial charge is 0.325 e. The van der Waals surface area contributed by atoms with Crippen molar-refractivity contribution in [2.45, 2.75) is 13.1 Å². The van der Waals surface area contributed by atoms with E-state index in [1.165, 1.54) is 16.2 Å². The van der Waals surface area contributed by atoms with Crippen molar-refractivity contribution in [3.63, 3.8) is 0 Å². The zero-order valence-corrected chi connectivity index (χ0v) is 14.2. The van der Waals surface area contributed by atoms with Gasteiger partial charge < -0.3 is 5.73 Å². The van der Waals surface area contributed by atoms with Crippen LogP contribution in [0.5, 0.6) is 0 Å². The first kappa shape index (κ1) is 16.4. The SMILES string of the molecule is NCc1cscn1.O=C1c2ccccc2C(=O)N1Cc1cscn1. The maximum atomic E-state index is 12.0. The molecule has 0 fully saturated rings. The van der Waals surface area contributed by atoms with Crippen LogP contribution in [0.4, 0.5) is 0 Å². The Morgan fingerprint density at radius 1 is 0.917 bits per heavy atom. The molecule has 2 N–H and O–H groups in total. The number of rotatable bonds is 3. The zero-order valence-electron chi connectivity index (χ0n) is 12.6. The highest BCUT2D eigenvalue weighted by Crippen LogP contribution is 2.23. The molecular weight excluding hydrogens is 344 g/mol. The van der Waals surface area contributed by atoms with Crippen LogP contribution in [0.25, 0.3) is 0 Å². The van der Waals surface area contributed by atoms with Crippen molar-refractivity contribution in [3.8, 4) is 0 Å². The van der Waals surface area contributed by atoms with E-state index in [4.69, 9.17) is 5.73 Å². The first-order chi connectivity index (χ1) is 11.7. The van der Waals surface area contributed by atoms with Crippen LogP contribution in [-0.2, 0) is 13.1 Å². The number of nitrogens with two attached hydrogens (primary N) is 1. The van der Waals surface area contributed by atoms with Gasteiger partial charge in [-0.05, 0) is 12.1 Å². The van der Waals surface area contributed by atoms with Crippen molar-refractivity contribution < 1.29 is 9.59 Å². The van der Waals surface area contributed by atoms with E-state index < -0.39 is 0 Å². The third-order valence-electron chi connectivity index (χ3n) is 3.37. The fraction of sp³-hybridized carbons (Fsp3) is 0.125. The molecule has 0 bridgehead atoms. The normalized spacial score (nSPS) is 12.8. The van der Waals surface area contributed by atoms with E-state index in [1.807, 2.05) is 10.8 Å². The second-order valence-corrected chi connectivity index (χ2v) is 6.34. The Balaban J connectivity index is 0.000000203. The number of imide groups is 1. The standard InChI is InChI=1S/C12H8N2O2S.C4H6N2S/c15-11-9-3-1-2-4-10(9)12(16)14(11)5-8-6-17-7-13-8;5-1-4-2-7-3-6-4/h1-4,6-7H,5H2;2-3H,1,5H2. The van der Waals surface area contributed by atoms with E-state index in [2.05, 4.69) is 9.97 Å². The molecule has 4 rings (SSSR count). The molecular formula is C16H14N4O2S2. The van der Waals surface area contributed by atoms with E-state index in [9.17, 15) is 9.59 Å². The Bertz CT molecular complexity index is 797. The van der Waals surface area contributed by atoms with Gasteiger partial charge in [-0.2, -0.15) is 0 Å². The predicted octanol–water partition coefficient (Wildman–Crippen LogP) is 2.54. The Morgan fingerprint density at radius 3 is 1.88 bits per heavy atom. The summed E-state index contributed by atoms with van der Waals surface area (Å²) in [5.74, 6) is -0.475. The van der Waals surface area contributed by atoms with Crippen LogP contribution in [0.15, 0.2) is 46.0 Å². The molecule has 122 valence electrons. The van der Waals surface area contributed by atoms with Crippen molar-refractivity contribution in [1.29, 1.82) is 0 Å². The van der Waals surface area contributed by atoms with E-state index in [-0.39, 0.29) is 18.4 Å². The summed E-state index contributed by atoms with van der Waals surface area (Å²) in [7, 11) is 0. The first-order valence-corrected chi connectivity index (χ1v) is 8.98. The maximum absolute atomic E-state index is 12.0. The molecule has 1 aliphatic heterocycles. The lowest BCUT2D eigenvalue weighted by Gasteiger charge is -2.11. The van der Waals surface area contributed by atoms with Gasteiger partial charge in [0, 0.05) is 17.3 Å². The summed E-state index contributed by atoms with van der Waals surface area (Å²) in [4.78, 5) is 33.3. The van der Waals surface area contributed by atoms with Crippen LogP contribution in [-0.4, -0.2) is 26.7 Å². The Hall–Kier alpha value is -2.42. The van der Waals surface area contributed by atoms with Crippen molar-refractivity contribution in [2.75, 3.05) is 0 Å². The van der Waals surface area contributed by atoms with E-state index in [1.54, 1.807) is 46.6 Å². The Labute approximate surface area is 146 Å². The van der Waals surface area contributed by atoms with E-state index in [0.29, 0.717) is 17.7 Å². The average molecular weight is 358 g/mol. The minimum absolute atomic E-state index is 0.237. The summed E-state index contributed by atoms with van der Waals surface area (Å²) in [5.41, 5.74) is 11.4. The number of carbonyl (C=O) groups is 2. The lowest BCUT2D eigenvalue weighted by atomic mass is 10.1. The van der Waals surface area contributed by atoms with E-state index >= 15 is 0 Å². The minimum atomic E-state index is -0.237. The summed E-state index contributed by atoms with van der Waals surface area (Å²) in [6.07, 6.45) is 0. The highest BCUT2D eigenvalue weighted by molar-refractivity contribution is 7.07. The summed E-state index contributed by atoms with van der Waals surface area (Å²) in [5, 5.41) is 3.78. The number of aromatic nitrogens is 2. The number of fused-ring (bicyclic) bond motifs is 1. The molecule has 0 unspecified atom stereocenters. The van der Waals surface area contributed by atoms with Crippen LogP contribution in [0, 0.1) is 0 Å². The first-order valence-electron chi connectivity index (χ1n) is 7.10. The number of amides is 2. The van der Waals surface area contributed by atoms with Crippen molar-refractivity contribution >= 4 is 34.5 Å². The van der Waals surface area contributed by atoms with Gasteiger partial charge in [0.1, 0.15) is 0 Å². The Kier molecular flexibility index (Phi) is 5.09. The van der Waals surface area contributed by atoms with Gasteiger partial charge in [-0.25, -0.2) is 9.97 Å².